The fourth-order valence-corrected chi connectivity index (χ4v) is 2.58. The number of carbonyl (C=O) groups excluding carboxylic acids is 1. The van der Waals surface area contributed by atoms with Gasteiger partial charge in [-0.25, -0.2) is 0 Å². The topological polar surface area (TPSA) is 50.4 Å². The molecule has 0 aromatic heterocycles. The monoisotopic (exact) mass is 296 g/mol. The first-order valence-corrected chi connectivity index (χ1v) is 7.18. The molecule has 0 aliphatic carbocycles. The van der Waals surface area contributed by atoms with Gasteiger partial charge in [0.05, 0.1) is 12.0 Å². The Bertz CT molecular complexity index is 457. The molecule has 0 spiro atoms. The van der Waals surface area contributed by atoms with Gasteiger partial charge in [-0.1, -0.05) is 23.7 Å². The fourth-order valence-electron chi connectivity index (χ4n) is 2.45. The summed E-state index contributed by atoms with van der Waals surface area (Å²) in [5, 5.41) is 6.94. The number of ether oxygens (including phenoxy) is 1. The highest BCUT2D eigenvalue weighted by Gasteiger charge is 2.44. The smallest absolute Gasteiger partial charge is 0.229 e. The molecule has 1 aromatic carbocycles. The maximum Gasteiger partial charge on any atom is 0.229 e. The molecule has 1 aromatic rings. The Morgan fingerprint density at radius 2 is 2.10 bits per heavy atom. The number of methoxy groups -OCH3 is 1. The predicted molar refractivity (Wildman–Crippen MR) is 79.9 cm³/mol. The van der Waals surface area contributed by atoms with Gasteiger partial charge in [0.15, 0.2) is 0 Å². The van der Waals surface area contributed by atoms with Gasteiger partial charge in [-0.15, -0.1) is 0 Å². The van der Waals surface area contributed by atoms with Gasteiger partial charge in [0, 0.05) is 31.3 Å². The van der Waals surface area contributed by atoms with Gasteiger partial charge in [-0.2, -0.15) is 0 Å². The Hall–Kier alpha value is -1.10. The Morgan fingerprint density at radius 3 is 2.60 bits per heavy atom. The number of halogens is 1. The molecule has 1 aliphatic rings. The van der Waals surface area contributed by atoms with Gasteiger partial charge >= 0.3 is 0 Å². The van der Waals surface area contributed by atoms with E-state index in [-0.39, 0.29) is 17.4 Å². The SMILES string of the molecule is COC[C@H](C)NC(=O)C1(Cc2ccc(Cl)cc2)CNC1. The van der Waals surface area contributed by atoms with Crippen LogP contribution in [0.4, 0.5) is 0 Å². The zero-order valence-corrected chi connectivity index (χ0v) is 12.7. The lowest BCUT2D eigenvalue weighted by atomic mass is 9.75. The molecule has 2 N–H and O–H groups in total. The first kappa shape index (κ1) is 15.3. The predicted octanol–water partition coefficient (Wildman–Crippen LogP) is 1.62. The number of hydrogen-bond donors (Lipinski definition) is 2. The molecule has 0 saturated carbocycles. The van der Waals surface area contributed by atoms with E-state index in [0.29, 0.717) is 24.7 Å². The Labute approximate surface area is 124 Å². The van der Waals surface area contributed by atoms with Crippen LogP contribution in [0, 0.1) is 5.41 Å². The molecular formula is C15H21ClN2O2. The van der Waals surface area contributed by atoms with Crippen molar-refractivity contribution >= 4 is 17.5 Å². The van der Waals surface area contributed by atoms with Crippen LogP contribution in [-0.2, 0) is 16.0 Å². The number of hydrogen-bond acceptors (Lipinski definition) is 3. The highest BCUT2D eigenvalue weighted by molar-refractivity contribution is 6.30. The van der Waals surface area contributed by atoms with E-state index in [4.69, 9.17) is 16.3 Å². The van der Waals surface area contributed by atoms with Crippen molar-refractivity contribution in [3.8, 4) is 0 Å². The summed E-state index contributed by atoms with van der Waals surface area (Å²) in [7, 11) is 1.64. The van der Waals surface area contributed by atoms with Crippen LogP contribution in [-0.4, -0.2) is 38.8 Å². The Balaban J connectivity index is 2.01. The molecule has 1 amide bonds. The van der Waals surface area contributed by atoms with Crippen molar-refractivity contribution in [1.29, 1.82) is 0 Å². The lowest BCUT2D eigenvalue weighted by Gasteiger charge is -2.41. The second-order valence-corrected chi connectivity index (χ2v) is 5.95. The summed E-state index contributed by atoms with van der Waals surface area (Å²) < 4.78 is 5.06. The Kier molecular flexibility index (Phi) is 5.02. The van der Waals surface area contributed by atoms with Gasteiger partial charge in [0.1, 0.15) is 0 Å². The number of rotatable bonds is 6. The van der Waals surface area contributed by atoms with Gasteiger partial charge in [0.2, 0.25) is 5.91 Å². The molecule has 0 unspecified atom stereocenters. The summed E-state index contributed by atoms with van der Waals surface area (Å²) in [4.78, 5) is 12.5. The molecule has 4 nitrogen and oxygen atoms in total. The average Bonchev–Trinajstić information content (AvgIpc) is 2.36. The number of carbonyl (C=O) groups is 1. The third-order valence-corrected chi connectivity index (χ3v) is 3.91. The van der Waals surface area contributed by atoms with E-state index >= 15 is 0 Å². The van der Waals surface area contributed by atoms with Crippen LogP contribution in [0.3, 0.4) is 0 Å². The molecule has 2 rings (SSSR count). The molecule has 1 heterocycles. The molecule has 1 atom stereocenters. The maximum absolute atomic E-state index is 12.5. The van der Waals surface area contributed by atoms with Crippen LogP contribution < -0.4 is 10.6 Å². The summed E-state index contributed by atoms with van der Waals surface area (Å²) in [6.45, 7) is 3.89. The van der Waals surface area contributed by atoms with Crippen LogP contribution >= 0.6 is 11.6 Å². The van der Waals surface area contributed by atoms with Crippen LogP contribution in [0.1, 0.15) is 12.5 Å². The third-order valence-electron chi connectivity index (χ3n) is 3.66. The van der Waals surface area contributed by atoms with Crippen molar-refractivity contribution < 1.29 is 9.53 Å². The van der Waals surface area contributed by atoms with Crippen molar-refractivity contribution in [1.82, 2.24) is 10.6 Å². The molecule has 110 valence electrons. The van der Waals surface area contributed by atoms with Crippen molar-refractivity contribution in [2.24, 2.45) is 5.41 Å². The van der Waals surface area contributed by atoms with Gasteiger partial charge < -0.3 is 15.4 Å². The third kappa shape index (κ3) is 3.51. The summed E-state index contributed by atoms with van der Waals surface area (Å²) in [6, 6.07) is 7.71. The Morgan fingerprint density at radius 1 is 1.45 bits per heavy atom. The largest absolute Gasteiger partial charge is 0.383 e. The first-order chi connectivity index (χ1) is 9.55. The van der Waals surface area contributed by atoms with E-state index < -0.39 is 0 Å². The minimum atomic E-state index is -0.351. The van der Waals surface area contributed by atoms with E-state index in [1.54, 1.807) is 7.11 Å². The summed E-state index contributed by atoms with van der Waals surface area (Å²) >= 11 is 5.89. The van der Waals surface area contributed by atoms with Gasteiger partial charge in [-0.3, -0.25) is 4.79 Å². The lowest BCUT2D eigenvalue weighted by molar-refractivity contribution is -0.135. The molecule has 1 saturated heterocycles. The van der Waals surface area contributed by atoms with E-state index in [1.807, 2.05) is 31.2 Å². The quantitative estimate of drug-likeness (QED) is 0.839. The summed E-state index contributed by atoms with van der Waals surface area (Å²) in [6.07, 6.45) is 0.725. The highest BCUT2D eigenvalue weighted by atomic mass is 35.5. The van der Waals surface area contributed by atoms with Crippen molar-refractivity contribution in [2.45, 2.75) is 19.4 Å². The summed E-state index contributed by atoms with van der Waals surface area (Å²) in [5.41, 5.74) is 0.779. The van der Waals surface area contributed by atoms with E-state index in [2.05, 4.69) is 10.6 Å². The molecule has 5 heteroatoms. The van der Waals surface area contributed by atoms with Crippen molar-refractivity contribution in [3.63, 3.8) is 0 Å². The molecular weight excluding hydrogens is 276 g/mol. The summed E-state index contributed by atoms with van der Waals surface area (Å²) in [5.74, 6) is 0.0933. The van der Waals surface area contributed by atoms with E-state index in [1.165, 1.54) is 0 Å². The fraction of sp³-hybridized carbons (Fsp3) is 0.533. The molecule has 0 radical (unpaired) electrons. The lowest BCUT2D eigenvalue weighted by Crippen LogP contribution is -2.63. The van der Waals surface area contributed by atoms with E-state index in [9.17, 15) is 4.79 Å². The first-order valence-electron chi connectivity index (χ1n) is 6.81. The van der Waals surface area contributed by atoms with Crippen molar-refractivity contribution in [2.75, 3.05) is 26.8 Å². The maximum atomic E-state index is 12.5. The van der Waals surface area contributed by atoms with Crippen molar-refractivity contribution in [3.05, 3.63) is 34.9 Å². The number of amides is 1. The molecule has 1 fully saturated rings. The van der Waals surface area contributed by atoms with E-state index in [0.717, 1.165) is 12.0 Å². The number of nitrogens with one attached hydrogen (secondary N) is 2. The number of benzene rings is 1. The minimum Gasteiger partial charge on any atom is -0.383 e. The average molecular weight is 297 g/mol. The van der Waals surface area contributed by atoms with Crippen LogP contribution in [0.2, 0.25) is 5.02 Å². The highest BCUT2D eigenvalue weighted by Crippen LogP contribution is 2.28. The zero-order chi connectivity index (χ0) is 14.6. The second kappa shape index (κ2) is 6.57. The van der Waals surface area contributed by atoms with Crippen LogP contribution in [0.25, 0.3) is 0 Å². The second-order valence-electron chi connectivity index (χ2n) is 5.52. The van der Waals surface area contributed by atoms with Gasteiger partial charge in [-0.05, 0) is 31.0 Å². The van der Waals surface area contributed by atoms with Gasteiger partial charge in [0.25, 0.3) is 0 Å². The molecule has 1 aliphatic heterocycles. The normalized spacial score (nSPS) is 18.1. The molecule has 20 heavy (non-hydrogen) atoms. The zero-order valence-electron chi connectivity index (χ0n) is 11.9. The standard InChI is InChI=1S/C15H21ClN2O2/c1-11(8-20-2)18-14(19)15(9-17-10-15)7-12-3-5-13(16)6-4-12/h3-6,11,17H,7-10H2,1-2H3,(H,18,19)/t11-/m0/s1. The molecule has 0 bridgehead atoms. The minimum absolute atomic E-state index is 0.0233. The van der Waals surface area contributed by atoms with Crippen LogP contribution in [0.5, 0.6) is 0 Å². The van der Waals surface area contributed by atoms with Crippen LogP contribution in [0.15, 0.2) is 24.3 Å².